The Morgan fingerprint density at radius 1 is 1.22 bits per heavy atom. The monoisotopic (exact) mass is 309 g/mol. The molecule has 3 aromatic rings. The topological polar surface area (TPSA) is 56.9 Å². The predicted molar refractivity (Wildman–Crippen MR) is 87.4 cm³/mol. The molecular formula is C17H19N5O. The van der Waals surface area contributed by atoms with E-state index in [1.54, 1.807) is 0 Å². The Morgan fingerprint density at radius 3 is 3.00 bits per heavy atom. The minimum Gasteiger partial charge on any atom is -0.478 e. The van der Waals surface area contributed by atoms with Crippen molar-refractivity contribution in [3.8, 4) is 5.88 Å². The van der Waals surface area contributed by atoms with Crippen molar-refractivity contribution in [2.45, 2.75) is 26.1 Å². The van der Waals surface area contributed by atoms with Crippen molar-refractivity contribution in [2.75, 3.05) is 11.9 Å². The Bertz CT molecular complexity index is 754. The summed E-state index contributed by atoms with van der Waals surface area (Å²) in [5.41, 5.74) is 3.21. The normalized spacial score (nSPS) is 13.4. The van der Waals surface area contributed by atoms with Crippen molar-refractivity contribution in [3.05, 3.63) is 60.0 Å². The molecule has 6 nitrogen and oxygen atoms in total. The number of fused-ring (bicyclic) bond motifs is 1. The van der Waals surface area contributed by atoms with Crippen LogP contribution in [0.2, 0.25) is 0 Å². The Morgan fingerprint density at radius 2 is 2.13 bits per heavy atom. The first kappa shape index (κ1) is 13.9. The molecule has 1 aliphatic rings. The number of benzene rings is 1. The molecular weight excluding hydrogens is 290 g/mol. The van der Waals surface area contributed by atoms with Crippen LogP contribution in [0, 0.1) is 0 Å². The molecule has 6 heteroatoms. The van der Waals surface area contributed by atoms with E-state index < -0.39 is 0 Å². The molecule has 4 rings (SSSR count). The quantitative estimate of drug-likeness (QED) is 0.787. The van der Waals surface area contributed by atoms with Gasteiger partial charge in [-0.2, -0.15) is 10.2 Å². The van der Waals surface area contributed by atoms with E-state index in [4.69, 9.17) is 4.74 Å². The Labute approximate surface area is 134 Å². The molecule has 1 N–H and O–H groups in total. The summed E-state index contributed by atoms with van der Waals surface area (Å²) < 4.78 is 9.44. The third-order valence-corrected chi connectivity index (χ3v) is 3.85. The van der Waals surface area contributed by atoms with E-state index >= 15 is 0 Å². The number of hydrogen-bond donors (Lipinski definition) is 1. The fourth-order valence-corrected chi connectivity index (χ4v) is 2.71. The van der Waals surface area contributed by atoms with E-state index in [-0.39, 0.29) is 0 Å². The average Bonchev–Trinajstić information content (AvgIpc) is 3.20. The fourth-order valence-electron chi connectivity index (χ4n) is 2.71. The molecule has 0 aliphatic carbocycles. The molecule has 0 amide bonds. The maximum absolute atomic E-state index is 5.58. The smallest absolute Gasteiger partial charge is 0.212 e. The van der Waals surface area contributed by atoms with Crippen LogP contribution < -0.4 is 10.1 Å². The van der Waals surface area contributed by atoms with Gasteiger partial charge in [0.15, 0.2) is 0 Å². The number of aromatic nitrogens is 4. The van der Waals surface area contributed by atoms with Gasteiger partial charge in [-0.3, -0.25) is 4.68 Å². The summed E-state index contributed by atoms with van der Waals surface area (Å²) in [6.45, 7) is 3.16. The first-order chi connectivity index (χ1) is 11.4. The lowest BCUT2D eigenvalue weighted by Gasteiger charge is -2.13. The number of nitrogens with one attached hydrogen (secondary N) is 1. The van der Waals surface area contributed by atoms with Crippen LogP contribution in [-0.4, -0.2) is 26.2 Å². The van der Waals surface area contributed by atoms with Gasteiger partial charge < -0.3 is 10.1 Å². The van der Waals surface area contributed by atoms with Crippen molar-refractivity contribution in [3.63, 3.8) is 0 Å². The highest BCUT2D eigenvalue weighted by atomic mass is 16.5. The van der Waals surface area contributed by atoms with Gasteiger partial charge in [0, 0.05) is 25.2 Å². The third-order valence-electron chi connectivity index (χ3n) is 3.85. The molecule has 0 spiro atoms. The van der Waals surface area contributed by atoms with E-state index in [0.717, 1.165) is 43.4 Å². The summed E-state index contributed by atoms with van der Waals surface area (Å²) >= 11 is 0. The number of rotatable bonds is 5. The highest BCUT2D eigenvalue weighted by Crippen LogP contribution is 2.19. The average molecular weight is 309 g/mol. The van der Waals surface area contributed by atoms with Gasteiger partial charge in [0.1, 0.15) is 0 Å². The summed E-state index contributed by atoms with van der Waals surface area (Å²) in [6.07, 6.45) is 4.88. The van der Waals surface area contributed by atoms with Gasteiger partial charge in [0.05, 0.1) is 37.3 Å². The van der Waals surface area contributed by atoms with E-state index in [1.165, 1.54) is 5.56 Å². The molecule has 0 radical (unpaired) electrons. The number of nitrogens with zero attached hydrogens (tertiary/aromatic N) is 4. The number of anilines is 1. The molecule has 118 valence electrons. The summed E-state index contributed by atoms with van der Waals surface area (Å²) in [5, 5.41) is 12.3. The van der Waals surface area contributed by atoms with Crippen LogP contribution in [0.3, 0.4) is 0 Å². The zero-order valence-corrected chi connectivity index (χ0v) is 12.9. The predicted octanol–water partition coefficient (Wildman–Crippen LogP) is 2.52. The highest BCUT2D eigenvalue weighted by molar-refractivity contribution is 5.39. The molecule has 0 unspecified atom stereocenters. The maximum Gasteiger partial charge on any atom is 0.212 e. The van der Waals surface area contributed by atoms with Gasteiger partial charge >= 0.3 is 0 Å². The van der Waals surface area contributed by atoms with Gasteiger partial charge in [0.25, 0.3) is 0 Å². The van der Waals surface area contributed by atoms with Gasteiger partial charge in [-0.25, -0.2) is 4.68 Å². The van der Waals surface area contributed by atoms with Gasteiger partial charge in [-0.05, 0) is 5.56 Å². The van der Waals surface area contributed by atoms with Crippen molar-refractivity contribution in [2.24, 2.45) is 0 Å². The van der Waals surface area contributed by atoms with Crippen LogP contribution in [0.4, 0.5) is 5.69 Å². The molecule has 1 aromatic carbocycles. The summed E-state index contributed by atoms with van der Waals surface area (Å²) in [4.78, 5) is 0. The largest absolute Gasteiger partial charge is 0.478 e. The zero-order valence-electron chi connectivity index (χ0n) is 12.9. The van der Waals surface area contributed by atoms with Crippen molar-refractivity contribution < 1.29 is 4.74 Å². The van der Waals surface area contributed by atoms with Crippen molar-refractivity contribution >= 4 is 5.69 Å². The van der Waals surface area contributed by atoms with Crippen LogP contribution in [0.1, 0.15) is 17.7 Å². The van der Waals surface area contributed by atoms with E-state index in [1.807, 2.05) is 46.0 Å². The molecule has 23 heavy (non-hydrogen) atoms. The number of ether oxygens (including phenoxy) is 1. The molecule has 0 atom stereocenters. The minimum atomic E-state index is 0.667. The highest BCUT2D eigenvalue weighted by Gasteiger charge is 2.13. The van der Waals surface area contributed by atoms with Crippen LogP contribution in [0.5, 0.6) is 5.88 Å². The van der Waals surface area contributed by atoms with Crippen LogP contribution in [-0.2, 0) is 19.6 Å². The van der Waals surface area contributed by atoms with Crippen LogP contribution in [0.15, 0.2) is 48.8 Å². The van der Waals surface area contributed by atoms with Crippen LogP contribution >= 0.6 is 0 Å². The lowest BCUT2D eigenvalue weighted by Crippen LogP contribution is -2.14. The molecule has 0 saturated heterocycles. The van der Waals surface area contributed by atoms with Crippen molar-refractivity contribution in [1.82, 2.24) is 19.6 Å². The third kappa shape index (κ3) is 3.21. The SMILES string of the molecule is c1ccc(Cn2cc(NCc3cc4n(n3)CCCO4)cn2)cc1. The van der Waals surface area contributed by atoms with Gasteiger partial charge in [-0.15, -0.1) is 0 Å². The Hall–Kier alpha value is -2.76. The summed E-state index contributed by atoms with van der Waals surface area (Å²) in [5.74, 6) is 0.868. The molecule has 0 fully saturated rings. The first-order valence-electron chi connectivity index (χ1n) is 7.86. The summed E-state index contributed by atoms with van der Waals surface area (Å²) in [6, 6.07) is 12.3. The Kier molecular flexibility index (Phi) is 3.71. The zero-order chi connectivity index (χ0) is 15.5. The Balaban J connectivity index is 1.37. The lowest BCUT2D eigenvalue weighted by atomic mass is 10.2. The molecule has 2 aromatic heterocycles. The summed E-state index contributed by atoms with van der Waals surface area (Å²) in [7, 11) is 0. The van der Waals surface area contributed by atoms with Gasteiger partial charge in [0.2, 0.25) is 5.88 Å². The molecule has 1 aliphatic heterocycles. The van der Waals surface area contributed by atoms with Crippen LogP contribution in [0.25, 0.3) is 0 Å². The maximum atomic E-state index is 5.58. The second-order valence-corrected chi connectivity index (χ2v) is 5.66. The second-order valence-electron chi connectivity index (χ2n) is 5.66. The lowest BCUT2D eigenvalue weighted by molar-refractivity contribution is 0.230. The standard InChI is InChI=1S/C17H19N5O/c1-2-5-14(6-3-1)12-21-13-16(11-19-21)18-10-15-9-17-22(20-15)7-4-8-23-17/h1-3,5-6,9,11,13,18H,4,7-8,10,12H2. The molecule has 0 bridgehead atoms. The number of hydrogen-bond acceptors (Lipinski definition) is 4. The van der Waals surface area contributed by atoms with E-state index in [2.05, 4.69) is 27.6 Å². The van der Waals surface area contributed by atoms with Crippen molar-refractivity contribution in [1.29, 1.82) is 0 Å². The fraction of sp³-hybridized carbons (Fsp3) is 0.294. The molecule has 3 heterocycles. The van der Waals surface area contributed by atoms with Gasteiger partial charge in [-0.1, -0.05) is 30.3 Å². The minimum absolute atomic E-state index is 0.667. The first-order valence-corrected chi connectivity index (χ1v) is 7.86. The molecule has 0 saturated carbocycles. The second kappa shape index (κ2) is 6.16. The number of aryl methyl sites for hydroxylation is 1. The van der Waals surface area contributed by atoms with E-state index in [0.29, 0.717) is 6.54 Å². The van der Waals surface area contributed by atoms with E-state index in [9.17, 15) is 0 Å².